The van der Waals surface area contributed by atoms with Gasteiger partial charge in [0.25, 0.3) is 0 Å². The number of ketones is 2. The number of hydrogen-bond acceptors (Lipinski definition) is 16. The van der Waals surface area contributed by atoms with E-state index in [4.69, 9.17) is 27.4 Å². The molecule has 2 rings (SSSR count). The van der Waals surface area contributed by atoms with E-state index in [0.717, 1.165) is 89.0 Å². The number of likely N-dealkylation sites (tertiary alicyclic amines) is 1. The average Bonchev–Trinajstić information content (AvgIpc) is 0.913. The highest BCUT2D eigenvalue weighted by Crippen LogP contribution is 2.12. The van der Waals surface area contributed by atoms with Crippen molar-refractivity contribution in [3.8, 4) is 0 Å². The van der Waals surface area contributed by atoms with Crippen molar-refractivity contribution in [2.75, 3.05) is 132 Å². The van der Waals surface area contributed by atoms with Crippen molar-refractivity contribution in [3.63, 3.8) is 0 Å². The lowest BCUT2D eigenvalue weighted by Crippen LogP contribution is -2.49. The maximum Gasteiger partial charge on any atom is 0.306 e. The van der Waals surface area contributed by atoms with E-state index >= 15 is 0 Å². The number of piperazine rings is 1. The van der Waals surface area contributed by atoms with Crippen LogP contribution in [0.1, 0.15) is 449 Å². The zero-order valence-electron chi connectivity index (χ0n) is 84.0. The summed E-state index contributed by atoms with van der Waals surface area (Å²) in [6.45, 7) is 103. The molecule has 0 unspecified atom stereocenters. The predicted octanol–water partition coefficient (Wildman–Crippen LogP) is 26.9. The lowest BCUT2D eigenvalue weighted by molar-refractivity contribution is -0.141. The van der Waals surface area contributed by atoms with Crippen LogP contribution in [0.15, 0.2) is 12.7 Å². The molecular weight excluding hydrogens is 1450 g/mol. The molecule has 0 aromatic carbocycles. The van der Waals surface area contributed by atoms with Gasteiger partial charge in [-0.2, -0.15) is 0 Å². The van der Waals surface area contributed by atoms with Gasteiger partial charge in [-0.1, -0.05) is 323 Å². The van der Waals surface area contributed by atoms with Crippen molar-refractivity contribution in [1.29, 1.82) is 0 Å². The van der Waals surface area contributed by atoms with Crippen molar-refractivity contribution in [1.82, 2.24) is 35.1 Å². The number of aliphatic hydroxyl groups excluding tert-OH is 2. The minimum absolute atomic E-state index is 0. The maximum atomic E-state index is 11.2. The lowest BCUT2D eigenvalue weighted by atomic mass is 10.0. The summed E-state index contributed by atoms with van der Waals surface area (Å²) in [6, 6.07) is 2.77. The average molecular weight is 1700 g/mol. The fraction of sp³-hybridized carbons (Fsp3) is 0.950. The van der Waals surface area contributed by atoms with E-state index in [2.05, 4.69) is 296 Å². The van der Waals surface area contributed by atoms with Crippen LogP contribution in [0.4, 0.5) is 0 Å². The molecule has 0 atom stereocenters. The van der Waals surface area contributed by atoms with Gasteiger partial charge in [0.05, 0.1) is 26.7 Å². The number of esters is 1. The Morgan fingerprint density at radius 3 is 1.08 bits per heavy atom. The van der Waals surface area contributed by atoms with E-state index in [-0.39, 0.29) is 75.3 Å². The van der Waals surface area contributed by atoms with E-state index in [9.17, 15) is 14.4 Å². The zero-order valence-corrected chi connectivity index (χ0v) is 84.0. The standard InChI is InChI=1S/C11H23N.C11H18O2.C10H21NO2.C9H21N3.C8H19NO.C7H18N2O.C7H17N.C5H13N.9C3H8.6CH4/c1-11(2)7-6-10-12-8-4-3-5-9-12;1-4-10(12)6-5-7-11(13)8-9(2)3;1-8(2)11(9(3)4)7-6-10(12)13-5;1-9(2)12-7-5-11(4-3-10)6-8-12;1-8(2)4-3-5-9-6-7-10;1-7(2)9(4-3-8)5-6-10;1-6(2)5-8-7(3)4;1-5(2)3-4-6;9*1-3-2;;;;;;/h11H,3-10H2,1-2H3;4,9H,1,5-8H2,2-3H3;8-9H,6-7H2,1-5H3;9H,3-8,10H2,1-2H3;8-10H,3-7H2,1-2H3;7,10H,3-6,8H2,1-2H3;6-8H,5H2,1-4H3;5H,3-4,6H2,1-2H3;9*3H2,1-2H3;6*1H4. The number of ether oxygens (including phenoxy) is 1. The van der Waals surface area contributed by atoms with Crippen molar-refractivity contribution in [2.45, 2.75) is 479 Å². The minimum atomic E-state index is -0.133. The van der Waals surface area contributed by atoms with Gasteiger partial charge in [-0.3, -0.25) is 34.0 Å². The van der Waals surface area contributed by atoms with Crippen molar-refractivity contribution >= 4 is 17.5 Å². The summed E-state index contributed by atoms with van der Waals surface area (Å²) in [4.78, 5) is 44.9. The van der Waals surface area contributed by atoms with E-state index in [1.807, 2.05) is 13.8 Å². The highest BCUT2D eigenvalue weighted by Gasteiger charge is 2.18. The molecule has 2 aliphatic rings. The van der Waals surface area contributed by atoms with Crippen LogP contribution in [-0.2, 0) is 19.1 Å². The van der Waals surface area contributed by atoms with Crippen molar-refractivity contribution in [3.05, 3.63) is 12.7 Å². The Morgan fingerprint density at radius 1 is 0.427 bits per heavy atom. The molecule has 16 heteroatoms. The number of Topliss-reactive ketones (excluding diaryl/α,β-unsaturated/α-hetero) is 1. The van der Waals surface area contributed by atoms with Gasteiger partial charge in [0.1, 0.15) is 5.78 Å². The van der Waals surface area contributed by atoms with Crippen LogP contribution < -0.4 is 27.8 Å². The monoisotopic (exact) mass is 1700 g/mol. The molecule has 10 N–H and O–H groups in total. The van der Waals surface area contributed by atoms with Crippen LogP contribution in [0, 0.1) is 29.6 Å². The molecule has 2 saturated heterocycles. The number of rotatable bonds is 35. The van der Waals surface area contributed by atoms with Gasteiger partial charge in [0.15, 0.2) is 5.78 Å². The fourth-order valence-corrected chi connectivity index (χ4v) is 8.71. The third-order valence-electron chi connectivity index (χ3n) is 13.8. The molecule has 736 valence electrons. The number of methoxy groups -OCH3 is 1. The van der Waals surface area contributed by atoms with E-state index in [1.165, 1.54) is 162 Å². The first kappa shape index (κ1) is 169. The molecular formula is C101H246N10O6. The first-order valence-electron chi connectivity index (χ1n) is 46.4. The van der Waals surface area contributed by atoms with Gasteiger partial charge >= 0.3 is 5.97 Å². The van der Waals surface area contributed by atoms with Gasteiger partial charge < -0.3 is 47.7 Å². The van der Waals surface area contributed by atoms with Gasteiger partial charge in [0.2, 0.25) is 0 Å². The molecule has 0 aromatic rings. The number of nitrogens with zero attached hydrogens (tertiary/aromatic N) is 5. The molecule has 0 radical (unpaired) electrons. The summed E-state index contributed by atoms with van der Waals surface area (Å²) in [5.74, 6) is 3.80. The summed E-state index contributed by atoms with van der Waals surface area (Å²) in [7, 11) is 1.43. The summed E-state index contributed by atoms with van der Waals surface area (Å²) >= 11 is 0. The first-order valence-corrected chi connectivity index (χ1v) is 46.4. The molecule has 2 fully saturated rings. The van der Waals surface area contributed by atoms with Gasteiger partial charge in [0, 0.05) is 121 Å². The van der Waals surface area contributed by atoms with Gasteiger partial charge in [-0.05, 0) is 182 Å². The van der Waals surface area contributed by atoms with Gasteiger partial charge in [-0.15, -0.1) is 0 Å². The van der Waals surface area contributed by atoms with E-state index in [0.29, 0.717) is 74.8 Å². The molecule has 0 bridgehead atoms. The van der Waals surface area contributed by atoms with Crippen LogP contribution in [0.2, 0.25) is 0 Å². The number of nitrogens with one attached hydrogen (secondary N) is 2. The van der Waals surface area contributed by atoms with Crippen molar-refractivity contribution < 1.29 is 29.3 Å². The molecule has 117 heavy (non-hydrogen) atoms. The van der Waals surface area contributed by atoms with Crippen LogP contribution in [0.25, 0.3) is 0 Å². The summed E-state index contributed by atoms with van der Waals surface area (Å²) in [5, 5.41) is 23.5. The summed E-state index contributed by atoms with van der Waals surface area (Å²) < 4.78 is 4.59. The Morgan fingerprint density at radius 2 is 0.812 bits per heavy atom. The molecule has 0 amide bonds. The fourth-order valence-electron chi connectivity index (χ4n) is 8.71. The molecule has 0 spiro atoms. The lowest BCUT2D eigenvalue weighted by Gasteiger charge is -2.36. The molecule has 2 heterocycles. The maximum absolute atomic E-state index is 11.2. The Bertz CT molecular complexity index is 1470. The third-order valence-corrected chi connectivity index (χ3v) is 13.8. The Balaban J connectivity index is -0.0000000452. The van der Waals surface area contributed by atoms with Gasteiger partial charge in [-0.25, -0.2) is 0 Å². The number of piperidine rings is 1. The summed E-state index contributed by atoms with van der Waals surface area (Å²) in [5.41, 5.74) is 16.1. The summed E-state index contributed by atoms with van der Waals surface area (Å²) in [6.07, 6.45) is 26.1. The Kier molecular flexibility index (Phi) is 224. The molecule has 16 nitrogen and oxygen atoms in total. The first-order chi connectivity index (χ1) is 52.2. The highest BCUT2D eigenvalue weighted by molar-refractivity contribution is 5.89. The largest absolute Gasteiger partial charge is 0.469 e. The number of allylic oxidation sites excluding steroid dienone is 1. The smallest absolute Gasteiger partial charge is 0.306 e. The zero-order chi connectivity index (χ0) is 90.2. The third kappa shape index (κ3) is 218. The SMILES string of the molecule is C.C.C.C.C.C.C=CC(=O)CCCC(=O)CC(C)C.CC(C)CCCN1CCCCC1.CC(C)CCCNCCO.CC(C)CCN.CC(C)CNC(C)C.CC(C)N(CCN)CCO.CC(C)N1CCN(CCN)CC1.CCC.CCC.CCC.CCC.CCC.CCC.CCC.CCC.CCC.COC(=O)CCN(C(C)C)C(C)C. The quantitative estimate of drug-likeness (QED) is 0.0178. The number of carbonyl (C=O) groups excluding carboxylic acids is 3. The van der Waals surface area contributed by atoms with Crippen LogP contribution in [0.5, 0.6) is 0 Å². The second-order valence-corrected chi connectivity index (χ2v) is 32.6. The molecule has 0 saturated carbocycles. The number of nitrogens with two attached hydrogens (primary N) is 3. The van der Waals surface area contributed by atoms with E-state index in [1.54, 1.807) is 0 Å². The second-order valence-electron chi connectivity index (χ2n) is 32.6. The number of aliphatic hydroxyl groups is 2. The minimum Gasteiger partial charge on any atom is -0.469 e. The Hall–Kier alpha value is -1.93. The number of carbonyl (C=O) groups is 3. The second kappa shape index (κ2) is 155. The highest BCUT2D eigenvalue weighted by atomic mass is 16.5. The van der Waals surface area contributed by atoms with Crippen LogP contribution in [0.3, 0.4) is 0 Å². The number of hydrogen-bond donors (Lipinski definition) is 7. The molecule has 0 aromatic heterocycles. The topological polar surface area (TPSA) is 219 Å². The van der Waals surface area contributed by atoms with Crippen LogP contribution >= 0.6 is 0 Å². The normalized spacial score (nSPS) is 11.3. The van der Waals surface area contributed by atoms with Crippen molar-refractivity contribution in [2.24, 2.45) is 46.8 Å². The molecule has 0 aliphatic carbocycles. The predicted molar refractivity (Wildman–Crippen MR) is 551 cm³/mol. The molecule has 2 aliphatic heterocycles. The van der Waals surface area contributed by atoms with Crippen LogP contribution in [-0.4, -0.2) is 214 Å². The van der Waals surface area contributed by atoms with E-state index < -0.39 is 0 Å². The Labute approximate surface area is 748 Å².